The highest BCUT2D eigenvalue weighted by Crippen LogP contribution is 2.30. The van der Waals surface area contributed by atoms with Crippen molar-refractivity contribution in [3.8, 4) is 0 Å². The third-order valence-corrected chi connectivity index (χ3v) is 3.64. The molecule has 6 heteroatoms. The van der Waals surface area contributed by atoms with Gasteiger partial charge < -0.3 is 5.11 Å². The number of thiocarbonyl (C=S) groups is 1. The summed E-state index contributed by atoms with van der Waals surface area (Å²) in [5.74, 6) is -0.597. The molecule has 1 saturated heterocycles. The van der Waals surface area contributed by atoms with Gasteiger partial charge in [0.1, 0.15) is 0 Å². The quantitative estimate of drug-likeness (QED) is 0.670. The van der Waals surface area contributed by atoms with Crippen molar-refractivity contribution in [3.63, 3.8) is 0 Å². The summed E-state index contributed by atoms with van der Waals surface area (Å²) in [4.78, 5) is 23.4. The molecule has 1 heterocycles. The molecule has 1 fully saturated rings. The summed E-state index contributed by atoms with van der Waals surface area (Å²) in [6.45, 7) is 0. The molecule has 0 unspecified atom stereocenters. The van der Waals surface area contributed by atoms with E-state index in [1.807, 2.05) is 36.4 Å². The molecule has 0 radical (unpaired) electrons. The number of carboxylic acid groups (broad SMARTS) is 1. The third-order valence-electron chi connectivity index (χ3n) is 2.32. The second kappa shape index (κ2) is 5.81. The summed E-state index contributed by atoms with van der Waals surface area (Å²) in [6, 6.07) is 9.57. The van der Waals surface area contributed by atoms with Crippen molar-refractivity contribution in [2.75, 3.05) is 0 Å². The van der Waals surface area contributed by atoms with Crippen LogP contribution in [0, 0.1) is 0 Å². The van der Waals surface area contributed by atoms with Crippen molar-refractivity contribution >= 4 is 46.4 Å². The van der Waals surface area contributed by atoms with Crippen LogP contribution in [0.3, 0.4) is 0 Å². The fraction of sp³-hybridized carbons (Fsp3) is 0. The first-order valence-electron chi connectivity index (χ1n) is 5.32. The number of benzene rings is 1. The van der Waals surface area contributed by atoms with Gasteiger partial charge in [0, 0.05) is 0 Å². The maximum atomic E-state index is 11.7. The normalized spacial score (nSPS) is 17.7. The summed E-state index contributed by atoms with van der Waals surface area (Å²) >= 11 is 5.82. The van der Waals surface area contributed by atoms with Gasteiger partial charge >= 0.3 is 6.09 Å². The Morgan fingerprint density at radius 1 is 1.32 bits per heavy atom. The van der Waals surface area contributed by atoms with Gasteiger partial charge in [-0.05, 0) is 11.6 Å². The third kappa shape index (κ3) is 3.10. The highest BCUT2D eigenvalue weighted by Gasteiger charge is 2.36. The van der Waals surface area contributed by atoms with Crippen molar-refractivity contribution in [1.29, 1.82) is 0 Å². The molecule has 4 nitrogen and oxygen atoms in total. The summed E-state index contributed by atoms with van der Waals surface area (Å²) < 4.78 is 0.0388. The van der Waals surface area contributed by atoms with Gasteiger partial charge in [0.05, 0.1) is 4.91 Å². The maximum absolute atomic E-state index is 11.7. The molecule has 2 amide bonds. The number of imide groups is 1. The zero-order chi connectivity index (χ0) is 13.8. The van der Waals surface area contributed by atoms with Crippen molar-refractivity contribution in [2.45, 2.75) is 0 Å². The summed E-state index contributed by atoms with van der Waals surface area (Å²) in [5, 5.41) is 8.83. The van der Waals surface area contributed by atoms with Gasteiger partial charge in [0.15, 0.2) is 4.32 Å². The van der Waals surface area contributed by atoms with Crippen molar-refractivity contribution < 1.29 is 14.7 Å². The number of nitrogens with zero attached hydrogens (tertiary/aromatic N) is 1. The van der Waals surface area contributed by atoms with Gasteiger partial charge in [-0.3, -0.25) is 4.79 Å². The number of carbonyl (C=O) groups is 2. The van der Waals surface area contributed by atoms with Crippen molar-refractivity contribution in [2.24, 2.45) is 0 Å². The van der Waals surface area contributed by atoms with E-state index < -0.39 is 12.0 Å². The van der Waals surface area contributed by atoms with E-state index in [0.29, 0.717) is 9.81 Å². The molecular weight excluding hydrogens is 282 g/mol. The van der Waals surface area contributed by atoms with Crippen LogP contribution in [0.5, 0.6) is 0 Å². The van der Waals surface area contributed by atoms with Crippen LogP contribution in [0.4, 0.5) is 4.79 Å². The van der Waals surface area contributed by atoms with E-state index in [4.69, 9.17) is 17.3 Å². The molecule has 1 N–H and O–H groups in total. The fourth-order valence-electron chi connectivity index (χ4n) is 1.46. The predicted molar refractivity (Wildman–Crippen MR) is 78.6 cm³/mol. The Hall–Kier alpha value is -1.92. The number of carbonyl (C=O) groups excluding carboxylic acids is 1. The highest BCUT2D eigenvalue weighted by molar-refractivity contribution is 8.26. The smallest absolute Gasteiger partial charge is 0.420 e. The molecule has 0 bridgehead atoms. The first kappa shape index (κ1) is 13.5. The van der Waals surface area contributed by atoms with Gasteiger partial charge in [-0.15, -0.1) is 0 Å². The van der Waals surface area contributed by atoms with Gasteiger partial charge in [-0.25, -0.2) is 4.79 Å². The molecule has 96 valence electrons. The molecule has 0 saturated carbocycles. The van der Waals surface area contributed by atoms with E-state index in [0.717, 1.165) is 17.3 Å². The molecule has 0 atom stereocenters. The minimum Gasteiger partial charge on any atom is -0.464 e. The Morgan fingerprint density at radius 3 is 2.58 bits per heavy atom. The van der Waals surface area contributed by atoms with E-state index >= 15 is 0 Å². The van der Waals surface area contributed by atoms with E-state index in [9.17, 15) is 9.59 Å². The predicted octanol–water partition coefficient (Wildman–Crippen LogP) is 3.12. The number of amides is 2. The first-order chi connectivity index (χ1) is 9.09. The molecule has 1 aromatic rings. The van der Waals surface area contributed by atoms with E-state index in [2.05, 4.69) is 0 Å². The van der Waals surface area contributed by atoms with Crippen LogP contribution in [0.15, 0.2) is 47.4 Å². The number of thioether (sulfide) groups is 1. The largest absolute Gasteiger partial charge is 0.464 e. The molecule has 1 aliphatic heterocycles. The zero-order valence-electron chi connectivity index (χ0n) is 9.65. The molecule has 0 aliphatic carbocycles. The molecular formula is C13H9NO3S2. The number of allylic oxidation sites excluding steroid dienone is 2. The van der Waals surface area contributed by atoms with Gasteiger partial charge in [-0.2, -0.15) is 4.90 Å². The van der Waals surface area contributed by atoms with Crippen LogP contribution in [-0.2, 0) is 4.79 Å². The molecule has 2 rings (SSSR count). The summed E-state index contributed by atoms with van der Waals surface area (Å²) in [7, 11) is 0. The monoisotopic (exact) mass is 291 g/mol. The van der Waals surface area contributed by atoms with Crippen LogP contribution in [0.25, 0.3) is 6.08 Å². The maximum Gasteiger partial charge on any atom is 0.420 e. The second-order valence-corrected chi connectivity index (χ2v) is 5.27. The lowest BCUT2D eigenvalue weighted by molar-refractivity contribution is -0.120. The summed E-state index contributed by atoms with van der Waals surface area (Å²) in [5.41, 5.74) is 0.993. The lowest BCUT2D eigenvalue weighted by atomic mass is 10.2. The van der Waals surface area contributed by atoms with Gasteiger partial charge in [0.2, 0.25) is 0 Å². The molecule has 19 heavy (non-hydrogen) atoms. The standard InChI is InChI=1S/C13H9NO3S2/c15-11-10(19-13(18)14(11)12(16)17)8-4-7-9-5-2-1-3-6-9/h1-8H,(H,16,17)/b7-4+,10-8+. The average Bonchev–Trinajstić information content (AvgIpc) is 2.66. The lowest BCUT2D eigenvalue weighted by Crippen LogP contribution is -2.33. The highest BCUT2D eigenvalue weighted by atomic mass is 32.2. The molecule has 0 spiro atoms. The fourth-order valence-corrected chi connectivity index (χ4v) is 2.65. The molecule has 1 aromatic carbocycles. The number of hydrogen-bond donors (Lipinski definition) is 1. The average molecular weight is 291 g/mol. The number of rotatable bonds is 2. The van der Waals surface area contributed by atoms with Gasteiger partial charge in [-0.1, -0.05) is 66.5 Å². The van der Waals surface area contributed by atoms with Crippen molar-refractivity contribution in [3.05, 3.63) is 53.0 Å². The second-order valence-electron chi connectivity index (χ2n) is 3.59. The lowest BCUT2D eigenvalue weighted by Gasteiger charge is -2.05. The molecule has 1 aliphatic rings. The SMILES string of the molecule is O=C(O)N1C(=O)/C(=C\C=C\c2ccccc2)SC1=S. The topological polar surface area (TPSA) is 57.6 Å². The van der Waals surface area contributed by atoms with Crippen LogP contribution < -0.4 is 0 Å². The van der Waals surface area contributed by atoms with Crippen molar-refractivity contribution in [1.82, 2.24) is 4.90 Å². The Morgan fingerprint density at radius 2 is 2.00 bits per heavy atom. The molecule has 0 aromatic heterocycles. The first-order valence-corrected chi connectivity index (χ1v) is 6.54. The Balaban J connectivity index is 2.13. The Kier molecular flexibility index (Phi) is 4.13. The van der Waals surface area contributed by atoms with Crippen LogP contribution in [0.2, 0.25) is 0 Å². The number of hydrogen-bond acceptors (Lipinski definition) is 4. The minimum atomic E-state index is -1.35. The van der Waals surface area contributed by atoms with Crippen LogP contribution >= 0.6 is 24.0 Å². The van der Waals surface area contributed by atoms with Gasteiger partial charge in [0.25, 0.3) is 5.91 Å². The minimum absolute atomic E-state index is 0.0388. The van der Waals surface area contributed by atoms with Crippen LogP contribution in [0.1, 0.15) is 5.56 Å². The Labute approximate surface area is 119 Å². The van der Waals surface area contributed by atoms with E-state index in [1.54, 1.807) is 12.2 Å². The van der Waals surface area contributed by atoms with Crippen LogP contribution in [-0.4, -0.2) is 26.3 Å². The zero-order valence-corrected chi connectivity index (χ0v) is 11.3. The van der Waals surface area contributed by atoms with E-state index in [1.165, 1.54) is 0 Å². The Bertz CT molecular complexity index is 593. The summed E-state index contributed by atoms with van der Waals surface area (Å²) in [6.07, 6.45) is 3.74. The van der Waals surface area contributed by atoms with E-state index in [-0.39, 0.29) is 4.32 Å².